The summed E-state index contributed by atoms with van der Waals surface area (Å²) in [6.45, 7) is 8.06. The molecule has 0 unspecified atom stereocenters. The summed E-state index contributed by atoms with van der Waals surface area (Å²) in [6, 6.07) is 17.8. The molecule has 1 fully saturated rings. The van der Waals surface area contributed by atoms with Gasteiger partial charge in [0.25, 0.3) is 0 Å². The van der Waals surface area contributed by atoms with E-state index in [1.807, 2.05) is 36.4 Å². The summed E-state index contributed by atoms with van der Waals surface area (Å²) in [4.78, 5) is 16.2. The number of hydrogen-bond donors (Lipinski definition) is 2. The minimum atomic E-state index is -1.000. The van der Waals surface area contributed by atoms with Crippen LogP contribution >= 0.6 is 0 Å². The third-order valence-electron chi connectivity index (χ3n) is 5.15. The minimum absolute atomic E-state index is 0.167. The van der Waals surface area contributed by atoms with Crippen molar-refractivity contribution < 1.29 is 9.90 Å². The van der Waals surface area contributed by atoms with Gasteiger partial charge in [0.1, 0.15) is 11.4 Å². The number of carbonyl (C=O) groups is 1. The average Bonchev–Trinajstić information content (AvgIpc) is 3.58. The van der Waals surface area contributed by atoms with Gasteiger partial charge in [0.05, 0.1) is 0 Å². The molecule has 4 heteroatoms. The van der Waals surface area contributed by atoms with Gasteiger partial charge in [-0.15, -0.1) is 0 Å². The van der Waals surface area contributed by atoms with Gasteiger partial charge in [0, 0.05) is 17.1 Å². The van der Waals surface area contributed by atoms with Crippen molar-refractivity contribution in [3.05, 3.63) is 95.0 Å². The van der Waals surface area contributed by atoms with E-state index in [1.54, 1.807) is 18.3 Å². The molecule has 0 aliphatic heterocycles. The second kappa shape index (κ2) is 7.76. The topological polar surface area (TPSA) is 62.2 Å². The van der Waals surface area contributed by atoms with Crippen LogP contribution in [0.25, 0.3) is 23.4 Å². The van der Waals surface area contributed by atoms with Gasteiger partial charge in [0.15, 0.2) is 0 Å². The summed E-state index contributed by atoms with van der Waals surface area (Å²) in [5.74, 6) is -0.252. The van der Waals surface area contributed by atoms with Crippen molar-refractivity contribution in [1.29, 1.82) is 0 Å². The first-order valence-corrected chi connectivity index (χ1v) is 9.58. The van der Waals surface area contributed by atoms with E-state index in [0.29, 0.717) is 17.4 Å². The molecule has 1 aliphatic rings. The lowest BCUT2D eigenvalue weighted by Crippen LogP contribution is -2.28. The number of anilines is 1. The van der Waals surface area contributed by atoms with Gasteiger partial charge in [0.2, 0.25) is 0 Å². The summed E-state index contributed by atoms with van der Waals surface area (Å²) in [7, 11) is 0. The molecule has 1 heterocycles. The highest BCUT2D eigenvalue weighted by molar-refractivity contribution is 5.95. The first kappa shape index (κ1) is 18.7. The Morgan fingerprint density at radius 2 is 1.86 bits per heavy atom. The van der Waals surface area contributed by atoms with Gasteiger partial charge in [-0.1, -0.05) is 55.6 Å². The molecule has 0 bridgehead atoms. The van der Waals surface area contributed by atoms with Gasteiger partial charge in [-0.3, -0.25) is 0 Å². The Morgan fingerprint density at radius 1 is 1.10 bits per heavy atom. The van der Waals surface area contributed by atoms with Crippen LogP contribution in [-0.4, -0.2) is 16.1 Å². The zero-order chi connectivity index (χ0) is 20.4. The molecule has 29 heavy (non-hydrogen) atoms. The number of carboxylic acid groups (broad SMARTS) is 1. The zero-order valence-electron chi connectivity index (χ0n) is 16.1. The van der Waals surface area contributed by atoms with Crippen LogP contribution in [0.3, 0.4) is 0 Å². The molecular weight excluding hydrogens is 360 g/mol. The third kappa shape index (κ3) is 3.97. The molecular formula is C25H22N2O2. The van der Waals surface area contributed by atoms with E-state index in [-0.39, 0.29) is 5.56 Å². The zero-order valence-corrected chi connectivity index (χ0v) is 16.1. The van der Waals surface area contributed by atoms with Crippen LogP contribution in [0.2, 0.25) is 0 Å². The smallest absolute Gasteiger partial charge is 0.339 e. The van der Waals surface area contributed by atoms with Crippen molar-refractivity contribution in [2.45, 2.75) is 18.8 Å². The van der Waals surface area contributed by atoms with Crippen LogP contribution in [0.15, 0.2) is 73.4 Å². The maximum atomic E-state index is 11.8. The Kier molecular flexibility index (Phi) is 5.00. The van der Waals surface area contributed by atoms with Crippen LogP contribution in [0.4, 0.5) is 5.82 Å². The first-order chi connectivity index (χ1) is 14.1. The van der Waals surface area contributed by atoms with Crippen molar-refractivity contribution in [2.24, 2.45) is 0 Å². The van der Waals surface area contributed by atoms with Gasteiger partial charge in [-0.2, -0.15) is 0 Å². The summed E-state index contributed by atoms with van der Waals surface area (Å²) in [5, 5.41) is 14.5. The van der Waals surface area contributed by atoms with Crippen LogP contribution in [0.1, 0.15) is 34.7 Å². The van der Waals surface area contributed by atoms with Crippen molar-refractivity contribution >= 4 is 24.1 Å². The van der Waals surface area contributed by atoms with Crippen LogP contribution in [-0.2, 0) is 0 Å². The predicted octanol–water partition coefficient (Wildman–Crippen LogP) is 4.14. The largest absolute Gasteiger partial charge is 0.478 e. The number of nitrogens with one attached hydrogen (secondary N) is 1. The fourth-order valence-electron chi connectivity index (χ4n) is 3.41. The molecule has 0 atom stereocenters. The Hall–Kier alpha value is -3.66. The van der Waals surface area contributed by atoms with Gasteiger partial charge < -0.3 is 10.4 Å². The number of benzene rings is 2. The molecule has 1 saturated carbocycles. The highest BCUT2D eigenvalue weighted by Crippen LogP contribution is 2.40. The predicted molar refractivity (Wildman–Crippen MR) is 117 cm³/mol. The van der Waals surface area contributed by atoms with Crippen molar-refractivity contribution in [3.63, 3.8) is 0 Å². The van der Waals surface area contributed by atoms with Crippen LogP contribution in [0, 0.1) is 0 Å². The lowest BCUT2D eigenvalue weighted by Gasteiger charge is -2.11. The van der Waals surface area contributed by atoms with E-state index in [4.69, 9.17) is 0 Å². The van der Waals surface area contributed by atoms with E-state index >= 15 is 0 Å². The lowest BCUT2D eigenvalue weighted by molar-refractivity contribution is 0.0697. The van der Waals surface area contributed by atoms with E-state index in [0.717, 1.165) is 40.0 Å². The molecule has 2 N–H and O–H groups in total. The molecule has 0 radical (unpaired) electrons. The summed E-state index contributed by atoms with van der Waals surface area (Å²) in [6.07, 6.45) is 5.61. The van der Waals surface area contributed by atoms with Gasteiger partial charge >= 0.3 is 5.97 Å². The summed E-state index contributed by atoms with van der Waals surface area (Å²) in [5.41, 5.74) is 4.01. The SMILES string of the molecule is C=C/C(Nc1ncc(C2CC2)cc1C(=O)O)=c1/ccc(-c2ccccc2)cc1=C. The number of aromatic nitrogens is 1. The van der Waals surface area contributed by atoms with Crippen LogP contribution in [0.5, 0.6) is 0 Å². The monoisotopic (exact) mass is 382 g/mol. The second-order valence-electron chi connectivity index (χ2n) is 7.22. The molecule has 0 amide bonds. The Balaban J connectivity index is 1.74. The van der Waals surface area contributed by atoms with Crippen LogP contribution < -0.4 is 15.8 Å². The number of rotatable bonds is 6. The number of aromatic carboxylic acids is 1. The fraction of sp³-hybridized carbons (Fsp3) is 0.120. The normalized spacial score (nSPS) is 14.2. The van der Waals surface area contributed by atoms with Crippen molar-refractivity contribution in [1.82, 2.24) is 4.98 Å². The molecule has 3 aromatic rings. The highest BCUT2D eigenvalue weighted by atomic mass is 16.4. The standard InChI is InChI=1S/C25H22N2O2/c1-3-23(21-12-11-19(13-16(21)2)17-7-5-4-6-8-17)27-24-22(25(28)29)14-20(15-26-24)18-9-10-18/h3-8,11-15,18H,1-2,9-10H2,(H,26,27)(H,28,29)/b23-21+. The maximum absolute atomic E-state index is 11.8. The van der Waals surface area contributed by atoms with Crippen molar-refractivity contribution in [2.75, 3.05) is 5.32 Å². The number of carboxylic acids is 1. The van der Waals surface area contributed by atoms with E-state index in [2.05, 4.69) is 35.6 Å². The first-order valence-electron chi connectivity index (χ1n) is 9.58. The number of hydrogen-bond acceptors (Lipinski definition) is 3. The fourth-order valence-corrected chi connectivity index (χ4v) is 3.41. The maximum Gasteiger partial charge on any atom is 0.339 e. The van der Waals surface area contributed by atoms with Gasteiger partial charge in [-0.25, -0.2) is 9.78 Å². The molecule has 1 aromatic heterocycles. The molecule has 0 saturated heterocycles. The molecule has 4 nitrogen and oxygen atoms in total. The molecule has 1 aliphatic carbocycles. The molecule has 0 spiro atoms. The summed E-state index contributed by atoms with van der Waals surface area (Å²) >= 11 is 0. The Bertz CT molecular complexity index is 1200. The Labute approximate surface area is 169 Å². The second-order valence-corrected chi connectivity index (χ2v) is 7.22. The van der Waals surface area contributed by atoms with Gasteiger partial charge in [-0.05, 0) is 58.9 Å². The third-order valence-corrected chi connectivity index (χ3v) is 5.15. The van der Waals surface area contributed by atoms with E-state index in [9.17, 15) is 9.90 Å². The highest BCUT2D eigenvalue weighted by Gasteiger charge is 2.26. The van der Waals surface area contributed by atoms with E-state index in [1.165, 1.54) is 0 Å². The van der Waals surface area contributed by atoms with E-state index < -0.39 is 5.97 Å². The van der Waals surface area contributed by atoms with Crippen molar-refractivity contribution in [3.8, 4) is 11.1 Å². The molecule has 4 rings (SSSR count). The number of nitrogens with zero attached hydrogens (tertiary/aromatic N) is 1. The quantitative estimate of drug-likeness (QED) is 0.673. The average molecular weight is 382 g/mol. The molecule has 2 aromatic carbocycles. The summed E-state index contributed by atoms with van der Waals surface area (Å²) < 4.78 is 0. The number of pyridine rings is 1. The molecule has 144 valence electrons. The minimum Gasteiger partial charge on any atom is -0.478 e. The Morgan fingerprint density at radius 3 is 2.48 bits per heavy atom. The lowest BCUT2D eigenvalue weighted by atomic mass is 10.0.